The number of carboxylic acid groups (broad SMARTS) is 1. The zero-order valence-electron chi connectivity index (χ0n) is 11.4. The van der Waals surface area contributed by atoms with Crippen molar-refractivity contribution >= 4 is 17.3 Å². The molecular formula is C14H16N2O3S. The van der Waals surface area contributed by atoms with Crippen LogP contribution in [0.2, 0.25) is 0 Å². The van der Waals surface area contributed by atoms with Gasteiger partial charge in [0.15, 0.2) is 0 Å². The van der Waals surface area contributed by atoms with Gasteiger partial charge in [-0.25, -0.2) is 9.78 Å². The Kier molecular flexibility index (Phi) is 4.70. The first-order valence-corrected chi connectivity index (χ1v) is 6.96. The highest BCUT2D eigenvalue weighted by molar-refractivity contribution is 7.11. The molecule has 0 bridgehead atoms. The van der Waals surface area contributed by atoms with E-state index in [4.69, 9.17) is 9.84 Å². The summed E-state index contributed by atoms with van der Waals surface area (Å²) < 4.78 is 5.31. The molecule has 0 spiro atoms. The first kappa shape index (κ1) is 14.5. The van der Waals surface area contributed by atoms with Gasteiger partial charge in [-0.15, -0.1) is 11.3 Å². The molecule has 6 heteroatoms. The fourth-order valence-corrected chi connectivity index (χ4v) is 2.58. The van der Waals surface area contributed by atoms with Gasteiger partial charge in [0, 0.05) is 24.0 Å². The van der Waals surface area contributed by atoms with E-state index in [0.29, 0.717) is 13.1 Å². The Hall–Kier alpha value is -1.92. The van der Waals surface area contributed by atoms with Crippen molar-refractivity contribution in [3.05, 3.63) is 45.9 Å². The van der Waals surface area contributed by atoms with Crippen LogP contribution in [0.15, 0.2) is 29.6 Å². The third-order valence-electron chi connectivity index (χ3n) is 2.80. The number of aromatic nitrogens is 1. The molecule has 0 radical (unpaired) electrons. The van der Waals surface area contributed by atoms with Gasteiger partial charge in [-0.05, 0) is 13.1 Å². The number of hydrogen-bond acceptors (Lipinski definition) is 5. The van der Waals surface area contributed by atoms with Crippen molar-refractivity contribution in [3.8, 4) is 5.75 Å². The van der Waals surface area contributed by atoms with Crippen LogP contribution >= 0.6 is 11.3 Å². The molecule has 0 saturated heterocycles. The second-order valence-electron chi connectivity index (χ2n) is 4.43. The molecule has 2 aromatic rings. The maximum atomic E-state index is 10.8. The molecule has 0 aliphatic heterocycles. The van der Waals surface area contributed by atoms with Crippen LogP contribution in [0.25, 0.3) is 0 Å². The van der Waals surface area contributed by atoms with E-state index < -0.39 is 5.97 Å². The third-order valence-corrected chi connectivity index (χ3v) is 3.68. The van der Waals surface area contributed by atoms with E-state index in [2.05, 4.69) is 9.88 Å². The summed E-state index contributed by atoms with van der Waals surface area (Å²) in [5.41, 5.74) is 1.86. The lowest BCUT2D eigenvalue weighted by molar-refractivity contribution is 0.0696. The van der Waals surface area contributed by atoms with Gasteiger partial charge in [0.25, 0.3) is 0 Å². The zero-order chi connectivity index (χ0) is 14.5. The van der Waals surface area contributed by atoms with Crippen LogP contribution in [0.4, 0.5) is 0 Å². The van der Waals surface area contributed by atoms with Gasteiger partial charge >= 0.3 is 5.97 Å². The monoisotopic (exact) mass is 292 g/mol. The summed E-state index contributed by atoms with van der Waals surface area (Å²) in [5, 5.41) is 10.8. The molecule has 0 unspecified atom stereocenters. The molecule has 0 aliphatic carbocycles. The molecule has 2 rings (SSSR count). The minimum atomic E-state index is -0.978. The number of carboxylic acids is 1. The van der Waals surface area contributed by atoms with Gasteiger partial charge in [-0.2, -0.15) is 0 Å². The first-order chi connectivity index (χ1) is 9.60. The van der Waals surface area contributed by atoms with E-state index >= 15 is 0 Å². The van der Waals surface area contributed by atoms with Gasteiger partial charge in [0.05, 0.1) is 12.8 Å². The second kappa shape index (κ2) is 6.49. The van der Waals surface area contributed by atoms with E-state index in [9.17, 15) is 4.79 Å². The molecule has 0 aliphatic rings. The maximum absolute atomic E-state index is 10.8. The van der Waals surface area contributed by atoms with Gasteiger partial charge in [-0.1, -0.05) is 18.2 Å². The van der Waals surface area contributed by atoms with E-state index in [0.717, 1.165) is 28.3 Å². The minimum absolute atomic E-state index is 0.130. The van der Waals surface area contributed by atoms with Gasteiger partial charge in [-0.3, -0.25) is 4.90 Å². The number of ether oxygens (including phenoxy) is 1. The van der Waals surface area contributed by atoms with Crippen LogP contribution in [0.1, 0.15) is 21.1 Å². The SMILES string of the molecule is COc1ccccc1CN(C)Cc1csc(C(=O)O)n1. The largest absolute Gasteiger partial charge is 0.496 e. The normalized spacial score (nSPS) is 10.8. The number of benzene rings is 1. The topological polar surface area (TPSA) is 62.7 Å². The molecule has 0 saturated carbocycles. The van der Waals surface area contributed by atoms with E-state index in [1.54, 1.807) is 12.5 Å². The molecule has 106 valence electrons. The fourth-order valence-electron chi connectivity index (χ4n) is 1.93. The van der Waals surface area contributed by atoms with Gasteiger partial charge in [0.1, 0.15) is 5.75 Å². The van der Waals surface area contributed by atoms with Crippen molar-refractivity contribution in [1.29, 1.82) is 0 Å². The van der Waals surface area contributed by atoms with E-state index in [-0.39, 0.29) is 5.01 Å². The third kappa shape index (κ3) is 3.55. The molecule has 5 nitrogen and oxygen atoms in total. The zero-order valence-corrected chi connectivity index (χ0v) is 12.2. The number of rotatable bonds is 6. The Balaban J connectivity index is 2.01. The number of para-hydroxylation sites is 1. The standard InChI is InChI=1S/C14H16N2O3S/c1-16(7-10-5-3-4-6-12(10)19-2)8-11-9-20-13(15-11)14(17)18/h3-6,9H,7-8H2,1-2H3,(H,17,18). The van der Waals surface area contributed by atoms with Crippen LogP contribution in [0.3, 0.4) is 0 Å². The van der Waals surface area contributed by atoms with Crippen LogP contribution in [-0.4, -0.2) is 35.1 Å². The van der Waals surface area contributed by atoms with Crippen molar-refractivity contribution in [2.24, 2.45) is 0 Å². The van der Waals surface area contributed by atoms with Crippen LogP contribution in [0.5, 0.6) is 5.75 Å². The average molecular weight is 292 g/mol. The van der Waals surface area contributed by atoms with Gasteiger partial charge < -0.3 is 9.84 Å². The predicted octanol–water partition coefficient (Wildman–Crippen LogP) is 2.48. The first-order valence-electron chi connectivity index (χ1n) is 6.08. The second-order valence-corrected chi connectivity index (χ2v) is 5.29. The summed E-state index contributed by atoms with van der Waals surface area (Å²) in [6.07, 6.45) is 0. The Morgan fingerprint density at radius 2 is 2.15 bits per heavy atom. The van der Waals surface area contributed by atoms with Crippen LogP contribution < -0.4 is 4.74 Å². The van der Waals surface area contributed by atoms with Crippen LogP contribution in [0, 0.1) is 0 Å². The van der Waals surface area contributed by atoms with Crippen molar-refractivity contribution in [2.75, 3.05) is 14.2 Å². The Morgan fingerprint density at radius 1 is 1.40 bits per heavy atom. The molecule has 0 amide bonds. The highest BCUT2D eigenvalue weighted by Crippen LogP contribution is 2.20. The number of hydrogen-bond donors (Lipinski definition) is 1. The van der Waals surface area contributed by atoms with Crippen molar-refractivity contribution < 1.29 is 14.6 Å². The van der Waals surface area contributed by atoms with Crippen molar-refractivity contribution in [3.63, 3.8) is 0 Å². The Morgan fingerprint density at radius 3 is 2.80 bits per heavy atom. The van der Waals surface area contributed by atoms with E-state index in [1.807, 2.05) is 31.3 Å². The lowest BCUT2D eigenvalue weighted by atomic mass is 10.2. The highest BCUT2D eigenvalue weighted by atomic mass is 32.1. The minimum Gasteiger partial charge on any atom is -0.496 e. The number of thiazole rings is 1. The van der Waals surface area contributed by atoms with Crippen molar-refractivity contribution in [1.82, 2.24) is 9.88 Å². The quantitative estimate of drug-likeness (QED) is 0.886. The summed E-state index contributed by atoms with van der Waals surface area (Å²) in [7, 11) is 3.62. The summed E-state index contributed by atoms with van der Waals surface area (Å²) in [6.45, 7) is 1.31. The molecule has 20 heavy (non-hydrogen) atoms. The number of nitrogens with zero attached hydrogens (tertiary/aromatic N) is 2. The number of carbonyl (C=O) groups is 1. The number of aromatic carboxylic acids is 1. The smallest absolute Gasteiger partial charge is 0.365 e. The molecule has 0 fully saturated rings. The van der Waals surface area contributed by atoms with Crippen LogP contribution in [-0.2, 0) is 13.1 Å². The molecular weight excluding hydrogens is 276 g/mol. The summed E-state index contributed by atoms with van der Waals surface area (Å²) in [5.74, 6) is -0.127. The molecule has 1 N–H and O–H groups in total. The highest BCUT2D eigenvalue weighted by Gasteiger charge is 2.11. The van der Waals surface area contributed by atoms with Gasteiger partial charge in [0.2, 0.25) is 5.01 Å². The molecule has 1 aromatic carbocycles. The molecule has 1 heterocycles. The summed E-state index contributed by atoms with van der Waals surface area (Å²) in [4.78, 5) is 16.9. The number of methoxy groups -OCH3 is 1. The fraction of sp³-hybridized carbons (Fsp3) is 0.286. The Bertz CT molecular complexity index is 598. The summed E-state index contributed by atoms with van der Waals surface area (Å²) in [6, 6.07) is 7.84. The summed E-state index contributed by atoms with van der Waals surface area (Å²) >= 11 is 1.15. The predicted molar refractivity (Wildman–Crippen MR) is 77.2 cm³/mol. The van der Waals surface area contributed by atoms with E-state index in [1.165, 1.54) is 0 Å². The van der Waals surface area contributed by atoms with Crippen molar-refractivity contribution in [2.45, 2.75) is 13.1 Å². The maximum Gasteiger partial charge on any atom is 0.365 e. The molecule has 0 atom stereocenters. The Labute approximate surface area is 121 Å². The lowest BCUT2D eigenvalue weighted by Crippen LogP contribution is -2.18. The lowest BCUT2D eigenvalue weighted by Gasteiger charge is -2.17. The average Bonchev–Trinajstić information content (AvgIpc) is 2.88. The molecule has 1 aromatic heterocycles.